The first kappa shape index (κ1) is 19.4. The molecule has 0 radical (unpaired) electrons. The monoisotopic (exact) mass is 404 g/mol. The molecule has 2 aromatic heterocycles. The molecule has 156 valence electrons. The third-order valence-electron chi connectivity index (χ3n) is 6.29. The predicted molar refractivity (Wildman–Crippen MR) is 115 cm³/mol. The van der Waals surface area contributed by atoms with Crippen molar-refractivity contribution in [3.8, 4) is 11.3 Å². The Morgan fingerprint density at radius 2 is 1.83 bits per heavy atom. The summed E-state index contributed by atoms with van der Waals surface area (Å²) in [5, 5.41) is 4.64. The molecule has 3 heterocycles. The lowest BCUT2D eigenvalue weighted by molar-refractivity contribution is -0.119. The first-order valence-electron chi connectivity index (χ1n) is 10.9. The average molecular weight is 405 g/mol. The van der Waals surface area contributed by atoms with Gasteiger partial charge in [0.1, 0.15) is 5.78 Å². The molecule has 1 aliphatic carbocycles. The molecule has 6 nitrogen and oxygen atoms in total. The summed E-state index contributed by atoms with van der Waals surface area (Å²) >= 11 is 0. The van der Waals surface area contributed by atoms with E-state index in [0.29, 0.717) is 18.3 Å². The Labute approximate surface area is 176 Å². The molecule has 0 bridgehead atoms. The van der Waals surface area contributed by atoms with Crippen molar-refractivity contribution in [3.63, 3.8) is 0 Å². The minimum atomic E-state index is 0.240. The molecule has 0 unspecified atom stereocenters. The summed E-state index contributed by atoms with van der Waals surface area (Å²) in [7, 11) is 1.81. The number of pyridine rings is 1. The second kappa shape index (κ2) is 8.28. The van der Waals surface area contributed by atoms with Crippen LogP contribution in [0.5, 0.6) is 0 Å². The first-order chi connectivity index (χ1) is 14.7. The zero-order valence-corrected chi connectivity index (χ0v) is 17.5. The molecule has 30 heavy (non-hydrogen) atoms. The topological polar surface area (TPSA) is 59.7 Å². The molecule has 6 heteroatoms. The Hall–Kier alpha value is -2.57. The van der Waals surface area contributed by atoms with Crippen LogP contribution < -0.4 is 0 Å². The van der Waals surface area contributed by atoms with Gasteiger partial charge in [0.05, 0.1) is 18.2 Å². The van der Waals surface area contributed by atoms with Crippen molar-refractivity contribution in [2.45, 2.75) is 44.8 Å². The van der Waals surface area contributed by atoms with Crippen LogP contribution in [0.15, 0.2) is 42.5 Å². The lowest BCUT2D eigenvalue weighted by atomic mass is 10.1. The maximum absolute atomic E-state index is 12.1. The lowest BCUT2D eigenvalue weighted by Crippen LogP contribution is -2.36. The van der Waals surface area contributed by atoms with Gasteiger partial charge in [-0.1, -0.05) is 30.3 Å². The van der Waals surface area contributed by atoms with E-state index < -0.39 is 0 Å². The van der Waals surface area contributed by atoms with Crippen LogP contribution in [0.3, 0.4) is 0 Å². The minimum Gasteiger partial charge on any atom is -0.381 e. The molecule has 1 saturated heterocycles. The van der Waals surface area contributed by atoms with Crippen LogP contribution in [0.2, 0.25) is 0 Å². The largest absolute Gasteiger partial charge is 0.381 e. The number of hydrogen-bond acceptors (Lipinski definition) is 5. The summed E-state index contributed by atoms with van der Waals surface area (Å²) in [4.78, 5) is 19.2. The number of carbonyl (C=O) groups is 1. The van der Waals surface area contributed by atoms with Crippen molar-refractivity contribution in [2.75, 3.05) is 20.2 Å². The SMILES string of the molecule is COC1CCN(Cc2ccc(-c3cccc4nc(CC(=O)C5CC5)nn34)cc2)CC1. The average Bonchev–Trinajstić information content (AvgIpc) is 3.55. The Morgan fingerprint density at radius 1 is 1.07 bits per heavy atom. The lowest BCUT2D eigenvalue weighted by Gasteiger charge is -2.31. The molecule has 1 aromatic carbocycles. The smallest absolute Gasteiger partial charge is 0.159 e. The Morgan fingerprint density at radius 3 is 2.53 bits per heavy atom. The van der Waals surface area contributed by atoms with Crippen molar-refractivity contribution >= 4 is 11.4 Å². The van der Waals surface area contributed by atoms with Crippen LogP contribution in [0.4, 0.5) is 0 Å². The van der Waals surface area contributed by atoms with Gasteiger partial charge < -0.3 is 4.74 Å². The number of ether oxygens (including phenoxy) is 1. The highest BCUT2D eigenvalue weighted by atomic mass is 16.5. The van der Waals surface area contributed by atoms with Gasteiger partial charge in [-0.15, -0.1) is 0 Å². The van der Waals surface area contributed by atoms with Crippen molar-refractivity contribution < 1.29 is 9.53 Å². The number of fused-ring (bicyclic) bond motifs is 1. The number of carbonyl (C=O) groups excluding carboxylic acids is 1. The van der Waals surface area contributed by atoms with E-state index in [4.69, 9.17) is 4.74 Å². The van der Waals surface area contributed by atoms with Gasteiger partial charge in [0, 0.05) is 38.2 Å². The highest BCUT2D eigenvalue weighted by molar-refractivity contribution is 5.84. The van der Waals surface area contributed by atoms with Gasteiger partial charge in [-0.25, -0.2) is 9.50 Å². The summed E-state index contributed by atoms with van der Waals surface area (Å²) < 4.78 is 7.33. The molecule has 0 amide bonds. The standard InChI is InChI=1S/C24H28N4O2/c1-30-20-11-13-27(14-12-20)16-17-5-7-18(8-6-17)21-3-2-4-24-25-23(26-28(21)24)15-22(29)19-9-10-19/h2-8,19-20H,9-16H2,1H3. The molecule has 0 spiro atoms. The van der Waals surface area contributed by atoms with E-state index in [1.807, 2.05) is 23.8 Å². The van der Waals surface area contributed by atoms with Crippen molar-refractivity contribution in [2.24, 2.45) is 5.92 Å². The molecular weight excluding hydrogens is 376 g/mol. The van der Waals surface area contributed by atoms with Crippen molar-refractivity contribution in [1.29, 1.82) is 0 Å². The van der Waals surface area contributed by atoms with Gasteiger partial charge in [-0.2, -0.15) is 5.10 Å². The number of nitrogens with zero attached hydrogens (tertiary/aromatic N) is 4. The number of piperidine rings is 1. The fourth-order valence-corrected chi connectivity index (χ4v) is 4.29. The van der Waals surface area contributed by atoms with Crippen LogP contribution in [-0.2, 0) is 22.5 Å². The third-order valence-corrected chi connectivity index (χ3v) is 6.29. The van der Waals surface area contributed by atoms with E-state index in [1.165, 1.54) is 5.56 Å². The van der Waals surface area contributed by atoms with E-state index in [0.717, 1.165) is 62.2 Å². The van der Waals surface area contributed by atoms with Gasteiger partial charge in [0.15, 0.2) is 11.5 Å². The highest BCUT2D eigenvalue weighted by Crippen LogP contribution is 2.31. The number of Topliss-reactive ketones (excluding diaryl/α,β-unsaturated/α-hetero) is 1. The zero-order chi connectivity index (χ0) is 20.5. The molecule has 1 saturated carbocycles. The van der Waals surface area contributed by atoms with Crippen molar-refractivity contribution in [1.82, 2.24) is 19.5 Å². The molecule has 5 rings (SSSR count). The summed E-state index contributed by atoms with van der Waals surface area (Å²) in [6.45, 7) is 3.14. The molecule has 1 aliphatic heterocycles. The summed E-state index contributed by atoms with van der Waals surface area (Å²) in [5.41, 5.74) is 4.21. The minimum absolute atomic E-state index is 0.240. The van der Waals surface area contributed by atoms with Crippen LogP contribution in [-0.4, -0.2) is 51.6 Å². The number of aromatic nitrogens is 3. The molecule has 0 N–H and O–H groups in total. The Kier molecular flexibility index (Phi) is 5.35. The second-order valence-corrected chi connectivity index (χ2v) is 8.53. The molecule has 2 aliphatic rings. The van der Waals surface area contributed by atoms with Gasteiger partial charge in [-0.05, 0) is 43.4 Å². The number of benzene rings is 1. The second-order valence-electron chi connectivity index (χ2n) is 8.53. The van der Waals surface area contributed by atoms with Crippen LogP contribution in [0.1, 0.15) is 37.1 Å². The van der Waals surface area contributed by atoms with Gasteiger partial charge in [0.2, 0.25) is 0 Å². The molecule has 3 aromatic rings. The van der Waals surface area contributed by atoms with Gasteiger partial charge >= 0.3 is 0 Å². The Bertz CT molecular complexity index is 1030. The molecule has 2 fully saturated rings. The van der Waals surface area contributed by atoms with E-state index in [2.05, 4.69) is 45.3 Å². The number of hydrogen-bond donors (Lipinski definition) is 0. The number of methoxy groups -OCH3 is 1. The fraction of sp³-hybridized carbons (Fsp3) is 0.458. The van der Waals surface area contributed by atoms with E-state index in [9.17, 15) is 4.79 Å². The number of ketones is 1. The fourth-order valence-electron chi connectivity index (χ4n) is 4.29. The first-order valence-corrected chi connectivity index (χ1v) is 10.9. The highest BCUT2D eigenvalue weighted by Gasteiger charge is 2.30. The summed E-state index contributed by atoms with van der Waals surface area (Å²) in [5.74, 6) is 1.13. The zero-order valence-electron chi connectivity index (χ0n) is 17.5. The summed E-state index contributed by atoms with van der Waals surface area (Å²) in [6.07, 6.45) is 5.01. The third kappa shape index (κ3) is 4.16. The maximum atomic E-state index is 12.1. The normalized spacial score (nSPS) is 18.2. The number of likely N-dealkylation sites (tertiary alicyclic amines) is 1. The Balaban J connectivity index is 1.31. The van der Waals surface area contributed by atoms with Crippen LogP contribution in [0.25, 0.3) is 16.9 Å². The molecule has 0 atom stereocenters. The quantitative estimate of drug-likeness (QED) is 0.603. The van der Waals surface area contributed by atoms with E-state index in [-0.39, 0.29) is 11.7 Å². The van der Waals surface area contributed by atoms with Crippen molar-refractivity contribution in [3.05, 3.63) is 53.9 Å². The number of rotatable bonds is 7. The van der Waals surface area contributed by atoms with Crippen LogP contribution >= 0.6 is 0 Å². The van der Waals surface area contributed by atoms with E-state index in [1.54, 1.807) is 0 Å². The van der Waals surface area contributed by atoms with E-state index >= 15 is 0 Å². The summed E-state index contributed by atoms with van der Waals surface area (Å²) in [6, 6.07) is 14.7. The molecular formula is C24H28N4O2. The van der Waals surface area contributed by atoms with Gasteiger partial charge in [0.25, 0.3) is 0 Å². The van der Waals surface area contributed by atoms with Crippen LogP contribution in [0, 0.1) is 5.92 Å². The maximum Gasteiger partial charge on any atom is 0.159 e. The van der Waals surface area contributed by atoms with Gasteiger partial charge in [-0.3, -0.25) is 9.69 Å². The predicted octanol–water partition coefficient (Wildman–Crippen LogP) is 3.53.